The monoisotopic (exact) mass is 592 g/mol. The molecule has 42 heavy (non-hydrogen) atoms. The number of hydrogen-bond donors (Lipinski definition) is 1. The van der Waals surface area contributed by atoms with Crippen LogP contribution in [0.15, 0.2) is 47.8 Å². The Morgan fingerprint density at radius 1 is 1.19 bits per heavy atom. The molecule has 1 atom stereocenters. The largest absolute Gasteiger partial charge is 0.550 e. The number of amides is 2. The van der Waals surface area contributed by atoms with Gasteiger partial charge in [0.25, 0.3) is 5.91 Å². The highest BCUT2D eigenvalue weighted by Crippen LogP contribution is 2.40. The molecule has 2 aromatic carbocycles. The Morgan fingerprint density at radius 2 is 1.93 bits per heavy atom. The van der Waals surface area contributed by atoms with Gasteiger partial charge in [0.05, 0.1) is 44.9 Å². The zero-order chi connectivity index (χ0) is 29.9. The van der Waals surface area contributed by atoms with Gasteiger partial charge in [-0.1, -0.05) is 24.3 Å². The number of methoxy groups -OCH3 is 1. The highest BCUT2D eigenvalue weighted by atomic mass is 32.1. The molecule has 2 amide bonds. The number of piperazine rings is 1. The van der Waals surface area contributed by atoms with Gasteiger partial charge in [-0.25, -0.2) is 4.98 Å². The van der Waals surface area contributed by atoms with Crippen LogP contribution in [-0.2, 0) is 33.8 Å². The molecule has 1 aromatic heterocycles. The SMILES string of the molecule is COc1cc(OCC[N+]2(C)CCN(C)C(=O)C2)ccc1-c1csc(CNC(=O)C2(CC(=O)[O-])Cc3ccccc3C2)n1. The van der Waals surface area contributed by atoms with Crippen LogP contribution in [0, 0.1) is 5.41 Å². The van der Waals surface area contributed by atoms with E-state index in [1.54, 1.807) is 12.0 Å². The van der Waals surface area contributed by atoms with Gasteiger partial charge in [0.2, 0.25) is 5.91 Å². The zero-order valence-corrected chi connectivity index (χ0v) is 25.0. The maximum Gasteiger partial charge on any atom is 0.277 e. The Balaban J connectivity index is 1.20. The van der Waals surface area contributed by atoms with Crippen molar-refractivity contribution < 1.29 is 33.4 Å². The van der Waals surface area contributed by atoms with Crippen molar-refractivity contribution >= 4 is 29.1 Å². The lowest BCUT2D eigenvalue weighted by Gasteiger charge is -2.40. The third-order valence-corrected chi connectivity index (χ3v) is 9.21. The van der Waals surface area contributed by atoms with E-state index < -0.39 is 11.4 Å². The van der Waals surface area contributed by atoms with Crippen LogP contribution in [0.25, 0.3) is 11.3 Å². The van der Waals surface area contributed by atoms with Crippen LogP contribution in [0.5, 0.6) is 11.5 Å². The van der Waals surface area contributed by atoms with Crippen molar-refractivity contribution in [1.82, 2.24) is 15.2 Å². The topological polar surface area (TPSA) is 121 Å². The van der Waals surface area contributed by atoms with Gasteiger partial charge in [0.15, 0.2) is 6.54 Å². The molecule has 1 N–H and O–H groups in total. The predicted octanol–water partition coefficient (Wildman–Crippen LogP) is 1.66. The summed E-state index contributed by atoms with van der Waals surface area (Å²) in [5.74, 6) is -0.116. The first-order chi connectivity index (χ1) is 20.1. The molecule has 1 fully saturated rings. The minimum absolute atomic E-state index is 0.151. The van der Waals surface area contributed by atoms with Crippen molar-refractivity contribution in [3.05, 3.63) is 64.0 Å². The number of hydrogen-bond acceptors (Lipinski definition) is 8. The number of aliphatic carboxylic acids is 1. The number of likely N-dealkylation sites (N-methyl/N-ethyl adjacent to an activating group) is 2. The van der Waals surface area contributed by atoms with Crippen LogP contribution < -0.4 is 19.9 Å². The number of carbonyl (C=O) groups excluding carboxylic acids is 3. The van der Waals surface area contributed by atoms with Crippen LogP contribution in [-0.4, -0.2) is 86.1 Å². The molecular weight excluding hydrogens is 556 g/mol. The summed E-state index contributed by atoms with van der Waals surface area (Å²) in [5, 5.41) is 17.1. The average Bonchev–Trinajstić information content (AvgIpc) is 3.58. The second-order valence-corrected chi connectivity index (χ2v) is 12.5. The number of carbonyl (C=O) groups is 3. The molecule has 1 saturated heterocycles. The maximum atomic E-state index is 13.3. The molecule has 11 heteroatoms. The number of thiazole rings is 1. The summed E-state index contributed by atoms with van der Waals surface area (Å²) in [6, 6.07) is 13.3. The van der Waals surface area contributed by atoms with Crippen LogP contribution >= 0.6 is 11.3 Å². The number of quaternary nitrogens is 1. The Bertz CT molecular complexity index is 1460. The second kappa shape index (κ2) is 12.1. The van der Waals surface area contributed by atoms with Crippen molar-refractivity contribution in [2.24, 2.45) is 5.41 Å². The molecule has 5 rings (SSSR count). The molecule has 0 saturated carbocycles. The van der Waals surface area contributed by atoms with Gasteiger partial charge in [0, 0.05) is 36.4 Å². The lowest BCUT2D eigenvalue weighted by molar-refractivity contribution is -0.904. The normalized spacial score (nSPS) is 19.3. The van der Waals surface area contributed by atoms with E-state index in [1.807, 2.05) is 54.9 Å². The number of nitrogens with one attached hydrogen (secondary N) is 1. The molecule has 2 heterocycles. The van der Waals surface area contributed by atoms with E-state index in [1.165, 1.54) is 11.3 Å². The first-order valence-corrected chi connectivity index (χ1v) is 14.9. The van der Waals surface area contributed by atoms with Crippen LogP contribution in [0.2, 0.25) is 0 Å². The van der Waals surface area contributed by atoms with Crippen molar-refractivity contribution in [2.75, 3.05) is 54.0 Å². The van der Waals surface area contributed by atoms with E-state index in [-0.39, 0.29) is 24.8 Å². The number of nitrogens with zero attached hydrogens (tertiary/aromatic N) is 3. The van der Waals surface area contributed by atoms with Crippen LogP contribution in [0.4, 0.5) is 0 Å². The number of benzene rings is 2. The number of rotatable bonds is 11. The summed E-state index contributed by atoms with van der Waals surface area (Å²) in [6.45, 7) is 3.49. The van der Waals surface area contributed by atoms with Crippen molar-refractivity contribution in [3.63, 3.8) is 0 Å². The summed E-state index contributed by atoms with van der Waals surface area (Å²) in [7, 11) is 5.51. The van der Waals surface area contributed by atoms with Gasteiger partial charge in [0.1, 0.15) is 29.7 Å². The first-order valence-electron chi connectivity index (χ1n) is 14.0. The molecule has 2 aliphatic rings. The number of carboxylic acid groups (broad SMARTS) is 1. The fourth-order valence-electron chi connectivity index (χ4n) is 5.79. The Morgan fingerprint density at radius 3 is 2.60 bits per heavy atom. The lowest BCUT2D eigenvalue weighted by atomic mass is 9.80. The van der Waals surface area contributed by atoms with Gasteiger partial charge < -0.3 is 34.1 Å². The standard InChI is InChI=1S/C31H36N4O6S/c1-34-10-11-35(2,19-28(34)36)12-13-41-23-8-9-24(26(14-23)40-3)25-20-42-27(33-25)18-32-30(39)31(17-29(37)38)15-21-6-4-5-7-22(21)16-31/h4-9,14,20H,10-13,15-19H2,1-3H3,(H-,32,37,38,39). The molecule has 1 aliphatic carbocycles. The third kappa shape index (κ3) is 6.42. The van der Waals surface area contributed by atoms with Gasteiger partial charge in [-0.3, -0.25) is 9.59 Å². The maximum absolute atomic E-state index is 13.3. The van der Waals surface area contributed by atoms with Gasteiger partial charge in [-0.2, -0.15) is 0 Å². The molecule has 0 bridgehead atoms. The highest BCUT2D eigenvalue weighted by Gasteiger charge is 2.43. The zero-order valence-electron chi connectivity index (χ0n) is 24.2. The summed E-state index contributed by atoms with van der Waals surface area (Å²) in [5.41, 5.74) is 2.42. The highest BCUT2D eigenvalue weighted by molar-refractivity contribution is 7.09. The van der Waals surface area contributed by atoms with Gasteiger partial charge in [-0.15, -0.1) is 11.3 Å². The third-order valence-electron chi connectivity index (χ3n) is 8.36. The quantitative estimate of drug-likeness (QED) is 0.336. The molecule has 1 unspecified atom stereocenters. The number of aromatic nitrogens is 1. The Hall–Kier alpha value is -3.96. The predicted molar refractivity (Wildman–Crippen MR) is 156 cm³/mol. The van der Waals surface area contributed by atoms with E-state index in [0.717, 1.165) is 36.3 Å². The molecule has 3 aromatic rings. The molecule has 222 valence electrons. The van der Waals surface area contributed by atoms with E-state index >= 15 is 0 Å². The summed E-state index contributed by atoms with van der Waals surface area (Å²) >= 11 is 1.41. The number of ether oxygens (including phenoxy) is 2. The van der Waals surface area contributed by atoms with E-state index in [2.05, 4.69) is 12.4 Å². The minimum atomic E-state index is -1.24. The fraction of sp³-hybridized carbons (Fsp3) is 0.419. The second-order valence-electron chi connectivity index (χ2n) is 11.5. The molecule has 10 nitrogen and oxygen atoms in total. The van der Waals surface area contributed by atoms with Crippen molar-refractivity contribution in [3.8, 4) is 22.8 Å². The smallest absolute Gasteiger partial charge is 0.277 e. The van der Waals surface area contributed by atoms with Crippen molar-refractivity contribution in [2.45, 2.75) is 25.8 Å². The summed E-state index contributed by atoms with van der Waals surface area (Å²) < 4.78 is 12.3. The van der Waals surface area contributed by atoms with Crippen LogP contribution in [0.1, 0.15) is 22.6 Å². The van der Waals surface area contributed by atoms with Gasteiger partial charge in [-0.05, 0) is 36.1 Å². The summed E-state index contributed by atoms with van der Waals surface area (Å²) in [4.78, 5) is 43.5. The average molecular weight is 593 g/mol. The molecule has 0 radical (unpaired) electrons. The van der Waals surface area contributed by atoms with Crippen molar-refractivity contribution in [1.29, 1.82) is 0 Å². The first kappa shape index (κ1) is 29.5. The fourth-order valence-corrected chi connectivity index (χ4v) is 6.52. The minimum Gasteiger partial charge on any atom is -0.550 e. The molecular formula is C31H36N4O6S. The molecule has 0 spiro atoms. The van der Waals surface area contributed by atoms with Crippen LogP contribution in [0.3, 0.4) is 0 Å². The number of fused-ring (bicyclic) bond motifs is 1. The molecule has 1 aliphatic heterocycles. The number of carboxylic acids is 1. The van der Waals surface area contributed by atoms with E-state index in [4.69, 9.17) is 14.5 Å². The Kier molecular flexibility index (Phi) is 8.51. The Labute approximate surface area is 249 Å². The summed E-state index contributed by atoms with van der Waals surface area (Å²) in [6.07, 6.45) is 0.396. The lowest BCUT2D eigenvalue weighted by Crippen LogP contribution is -2.60. The van der Waals surface area contributed by atoms with Gasteiger partial charge >= 0.3 is 0 Å². The van der Waals surface area contributed by atoms with E-state index in [0.29, 0.717) is 52.7 Å². The van der Waals surface area contributed by atoms with E-state index in [9.17, 15) is 19.5 Å².